The Labute approximate surface area is 76.1 Å². The predicted octanol–water partition coefficient (Wildman–Crippen LogP) is 0.0289. The molecule has 0 radical (unpaired) electrons. The molecule has 1 aliphatic rings. The molecule has 1 saturated heterocycles. The molecule has 0 spiro atoms. The third-order valence-electron chi connectivity index (χ3n) is 2.31. The Bertz CT molecular complexity index is 268. The average molecular weight is 183 g/mol. The number of nitrogens with zero attached hydrogens (tertiary/aromatic N) is 2. The summed E-state index contributed by atoms with van der Waals surface area (Å²) in [6, 6.07) is 0. The van der Waals surface area contributed by atoms with Crippen molar-refractivity contribution in [2.45, 2.75) is 25.4 Å². The van der Waals surface area contributed by atoms with E-state index in [0.29, 0.717) is 17.6 Å². The monoisotopic (exact) mass is 183 g/mol. The van der Waals surface area contributed by atoms with Gasteiger partial charge in [0.2, 0.25) is 5.89 Å². The quantitative estimate of drug-likeness (QED) is 0.676. The summed E-state index contributed by atoms with van der Waals surface area (Å²) in [5, 5.41) is 15.7. The van der Waals surface area contributed by atoms with E-state index in [1.165, 1.54) is 0 Å². The van der Waals surface area contributed by atoms with Gasteiger partial charge in [-0.05, 0) is 25.9 Å². The maximum Gasteiger partial charge on any atom is 0.229 e. The van der Waals surface area contributed by atoms with Crippen LogP contribution in [0.15, 0.2) is 4.52 Å². The number of hydrogen-bond donors (Lipinski definition) is 2. The largest absolute Gasteiger partial charge is 0.388 e. The molecule has 0 unspecified atom stereocenters. The first-order chi connectivity index (χ1) is 6.40. The molecule has 0 bridgehead atoms. The number of nitrogens with one attached hydrogen (secondary N) is 1. The van der Waals surface area contributed by atoms with Gasteiger partial charge in [0.25, 0.3) is 0 Å². The highest BCUT2D eigenvalue weighted by atomic mass is 16.5. The van der Waals surface area contributed by atoms with Crippen molar-refractivity contribution in [3.05, 3.63) is 11.7 Å². The second kappa shape index (κ2) is 3.85. The van der Waals surface area contributed by atoms with E-state index in [1.807, 2.05) is 0 Å². The molecule has 2 heterocycles. The van der Waals surface area contributed by atoms with Crippen LogP contribution in [0.2, 0.25) is 0 Å². The van der Waals surface area contributed by atoms with Gasteiger partial charge in [-0.3, -0.25) is 0 Å². The lowest BCUT2D eigenvalue weighted by Crippen LogP contribution is -2.26. The molecule has 72 valence electrons. The molecule has 2 N–H and O–H groups in total. The van der Waals surface area contributed by atoms with Crippen LogP contribution in [0.1, 0.15) is 30.5 Å². The second-order valence-electron chi connectivity index (χ2n) is 3.23. The van der Waals surface area contributed by atoms with Crippen molar-refractivity contribution in [3.63, 3.8) is 0 Å². The first-order valence-electron chi connectivity index (χ1n) is 4.54. The van der Waals surface area contributed by atoms with E-state index >= 15 is 0 Å². The van der Waals surface area contributed by atoms with Crippen molar-refractivity contribution < 1.29 is 9.63 Å². The molecule has 0 amide bonds. The molecule has 2 rings (SSSR count). The summed E-state index contributed by atoms with van der Waals surface area (Å²) in [7, 11) is 0. The van der Waals surface area contributed by atoms with Gasteiger partial charge in [-0.15, -0.1) is 0 Å². The summed E-state index contributed by atoms with van der Waals surface area (Å²) in [5.74, 6) is 1.42. The summed E-state index contributed by atoms with van der Waals surface area (Å²) in [5.41, 5.74) is 0. The van der Waals surface area contributed by atoms with Crippen molar-refractivity contribution in [3.8, 4) is 0 Å². The topological polar surface area (TPSA) is 71.2 Å². The van der Waals surface area contributed by atoms with E-state index in [1.54, 1.807) is 0 Å². The molecule has 0 atom stereocenters. The summed E-state index contributed by atoms with van der Waals surface area (Å²) < 4.78 is 5.05. The minimum absolute atomic E-state index is 0.144. The Kier molecular flexibility index (Phi) is 2.56. The SMILES string of the molecule is OCc1noc(C2CCNCC2)n1. The van der Waals surface area contributed by atoms with E-state index in [4.69, 9.17) is 9.63 Å². The van der Waals surface area contributed by atoms with E-state index in [0.717, 1.165) is 25.9 Å². The first kappa shape index (κ1) is 8.65. The van der Waals surface area contributed by atoms with Crippen LogP contribution in [-0.4, -0.2) is 28.3 Å². The number of hydrogen-bond acceptors (Lipinski definition) is 5. The van der Waals surface area contributed by atoms with Gasteiger partial charge in [-0.25, -0.2) is 0 Å². The van der Waals surface area contributed by atoms with Crippen LogP contribution >= 0.6 is 0 Å². The Morgan fingerprint density at radius 2 is 2.23 bits per heavy atom. The Balaban J connectivity index is 2.05. The molecule has 1 aliphatic heterocycles. The lowest BCUT2D eigenvalue weighted by molar-refractivity contribution is 0.261. The highest BCUT2D eigenvalue weighted by Gasteiger charge is 2.20. The first-order valence-corrected chi connectivity index (χ1v) is 4.54. The molecular formula is C8H13N3O2. The van der Waals surface area contributed by atoms with Gasteiger partial charge in [-0.2, -0.15) is 4.98 Å². The van der Waals surface area contributed by atoms with Crippen molar-refractivity contribution in [1.82, 2.24) is 15.5 Å². The van der Waals surface area contributed by atoms with Crippen LogP contribution in [0.25, 0.3) is 0 Å². The summed E-state index contributed by atoms with van der Waals surface area (Å²) in [6.45, 7) is 1.86. The molecule has 0 saturated carbocycles. The van der Waals surface area contributed by atoms with Gasteiger partial charge >= 0.3 is 0 Å². The lowest BCUT2D eigenvalue weighted by Gasteiger charge is -2.18. The zero-order valence-electron chi connectivity index (χ0n) is 7.36. The van der Waals surface area contributed by atoms with Gasteiger partial charge in [0.1, 0.15) is 6.61 Å². The lowest BCUT2D eigenvalue weighted by atomic mass is 9.98. The predicted molar refractivity (Wildman–Crippen MR) is 45.1 cm³/mol. The summed E-state index contributed by atoms with van der Waals surface area (Å²) >= 11 is 0. The minimum atomic E-state index is -0.144. The van der Waals surface area contributed by atoms with Crippen LogP contribution in [0.3, 0.4) is 0 Å². The Morgan fingerprint density at radius 1 is 1.46 bits per heavy atom. The van der Waals surface area contributed by atoms with Crippen LogP contribution in [0.5, 0.6) is 0 Å². The van der Waals surface area contributed by atoms with Gasteiger partial charge < -0.3 is 14.9 Å². The van der Waals surface area contributed by atoms with Gasteiger partial charge in [0, 0.05) is 5.92 Å². The molecule has 0 aromatic carbocycles. The van der Waals surface area contributed by atoms with Crippen molar-refractivity contribution >= 4 is 0 Å². The number of piperidine rings is 1. The molecular weight excluding hydrogens is 170 g/mol. The molecule has 1 aromatic heterocycles. The van der Waals surface area contributed by atoms with E-state index in [9.17, 15) is 0 Å². The Morgan fingerprint density at radius 3 is 2.85 bits per heavy atom. The normalized spacial score (nSPS) is 19.2. The van der Waals surface area contributed by atoms with Crippen molar-refractivity contribution in [1.29, 1.82) is 0 Å². The van der Waals surface area contributed by atoms with Crippen LogP contribution in [0, 0.1) is 0 Å². The highest BCUT2D eigenvalue weighted by molar-refractivity contribution is 4.95. The highest BCUT2D eigenvalue weighted by Crippen LogP contribution is 2.23. The van der Waals surface area contributed by atoms with E-state index < -0.39 is 0 Å². The summed E-state index contributed by atoms with van der Waals surface area (Å²) in [4.78, 5) is 4.10. The minimum Gasteiger partial charge on any atom is -0.388 e. The zero-order chi connectivity index (χ0) is 9.10. The maximum atomic E-state index is 8.75. The average Bonchev–Trinajstić information content (AvgIpc) is 2.67. The molecule has 1 fully saturated rings. The van der Waals surface area contributed by atoms with Crippen LogP contribution in [-0.2, 0) is 6.61 Å². The molecule has 5 heteroatoms. The van der Waals surface area contributed by atoms with E-state index in [-0.39, 0.29) is 6.61 Å². The van der Waals surface area contributed by atoms with E-state index in [2.05, 4.69) is 15.5 Å². The van der Waals surface area contributed by atoms with Crippen LogP contribution < -0.4 is 5.32 Å². The fourth-order valence-electron chi connectivity index (χ4n) is 1.57. The van der Waals surface area contributed by atoms with Gasteiger partial charge in [0.15, 0.2) is 5.82 Å². The van der Waals surface area contributed by atoms with Crippen LogP contribution in [0.4, 0.5) is 0 Å². The number of rotatable bonds is 2. The molecule has 13 heavy (non-hydrogen) atoms. The summed E-state index contributed by atoms with van der Waals surface area (Å²) in [6.07, 6.45) is 2.07. The third kappa shape index (κ3) is 1.87. The fraction of sp³-hybridized carbons (Fsp3) is 0.750. The standard InChI is InChI=1S/C8H13N3O2/c12-5-7-10-8(13-11-7)6-1-3-9-4-2-6/h6,9,12H,1-5H2. The second-order valence-corrected chi connectivity index (χ2v) is 3.23. The maximum absolute atomic E-state index is 8.75. The van der Waals surface area contributed by atoms with Crippen molar-refractivity contribution in [2.24, 2.45) is 0 Å². The van der Waals surface area contributed by atoms with Gasteiger partial charge in [0.05, 0.1) is 0 Å². The smallest absolute Gasteiger partial charge is 0.229 e. The molecule has 5 nitrogen and oxygen atoms in total. The molecule has 1 aromatic rings. The number of aromatic nitrogens is 2. The fourth-order valence-corrected chi connectivity index (χ4v) is 1.57. The van der Waals surface area contributed by atoms with Crippen molar-refractivity contribution in [2.75, 3.05) is 13.1 Å². The Hall–Kier alpha value is -0.940. The van der Waals surface area contributed by atoms with Gasteiger partial charge in [-0.1, -0.05) is 5.16 Å². The molecule has 0 aliphatic carbocycles. The zero-order valence-corrected chi connectivity index (χ0v) is 7.36. The third-order valence-corrected chi connectivity index (χ3v) is 2.31. The number of aliphatic hydroxyl groups excluding tert-OH is 1. The number of aliphatic hydroxyl groups is 1.